The third-order valence-corrected chi connectivity index (χ3v) is 5.88. The van der Waals surface area contributed by atoms with Crippen LogP contribution in [0.15, 0.2) is 48.9 Å². The first kappa shape index (κ1) is 23.1. The molecule has 0 spiro atoms. The van der Waals surface area contributed by atoms with Crippen molar-refractivity contribution in [3.05, 3.63) is 54.5 Å². The van der Waals surface area contributed by atoms with Crippen molar-refractivity contribution in [1.29, 1.82) is 0 Å². The van der Waals surface area contributed by atoms with Gasteiger partial charge < -0.3 is 10.6 Å². The predicted octanol–water partition coefficient (Wildman–Crippen LogP) is 2.08. The molecule has 0 radical (unpaired) electrons. The lowest BCUT2D eigenvalue weighted by atomic mass is 9.88. The van der Waals surface area contributed by atoms with E-state index in [1.54, 1.807) is 36.7 Å². The third kappa shape index (κ3) is 5.02. The molecule has 3 N–H and O–H groups in total. The van der Waals surface area contributed by atoms with E-state index in [1.807, 2.05) is 10.9 Å². The predicted molar refractivity (Wildman–Crippen MR) is 124 cm³/mol. The van der Waals surface area contributed by atoms with Gasteiger partial charge in [-0.2, -0.15) is 0 Å². The van der Waals surface area contributed by atoms with Gasteiger partial charge in [0.1, 0.15) is 0 Å². The highest BCUT2D eigenvalue weighted by Crippen LogP contribution is 2.37. The molecule has 1 aromatic carbocycles. The summed E-state index contributed by atoms with van der Waals surface area (Å²) in [6.45, 7) is 5.44. The number of sulfonamides is 1. The van der Waals surface area contributed by atoms with Gasteiger partial charge >= 0.3 is 0 Å². The van der Waals surface area contributed by atoms with Crippen molar-refractivity contribution in [2.75, 3.05) is 17.7 Å². The molecule has 1 aliphatic rings. The van der Waals surface area contributed by atoms with Gasteiger partial charge in [-0.05, 0) is 44.0 Å². The maximum absolute atomic E-state index is 12.0. The fraction of sp³-hybridized carbons (Fsp3) is 0.273. The Bertz CT molecular complexity index is 1260. The average Bonchev–Trinajstić information content (AvgIpc) is 2.72. The molecule has 9 nitrogen and oxygen atoms in total. The molecule has 3 heterocycles. The Morgan fingerprint density at radius 2 is 1.84 bits per heavy atom. The van der Waals surface area contributed by atoms with Crippen LogP contribution in [-0.2, 0) is 14.8 Å². The summed E-state index contributed by atoms with van der Waals surface area (Å²) >= 11 is 0. The molecule has 2 amide bonds. The number of nitrogens with two attached hydrogens (primary N) is 1. The number of benzene rings is 1. The van der Waals surface area contributed by atoms with Crippen LogP contribution in [-0.4, -0.2) is 49.0 Å². The Balaban J connectivity index is 0.000000913. The molecule has 0 unspecified atom stereocenters. The first-order chi connectivity index (χ1) is 15.1. The molecule has 0 atom stereocenters. The standard InChI is InChI=1S/C21H22N4O3S.CH3NO/c1-21(2)8-9-25(21)16-10-17-18(12-22-13-19(17)23-11-16)14-4-6-15(7-5-14)20(26)24-29(3,27)28;2-1-3/h4-7,10-13H,8-9H2,1-3H3,(H,24,26);1H,(H2,2,3). The highest BCUT2D eigenvalue weighted by atomic mass is 32.2. The molecule has 0 bridgehead atoms. The number of fused-ring (bicyclic) bond motifs is 1. The van der Waals surface area contributed by atoms with Crippen molar-refractivity contribution in [3.63, 3.8) is 0 Å². The lowest BCUT2D eigenvalue weighted by Crippen LogP contribution is -2.56. The molecule has 0 saturated carbocycles. The van der Waals surface area contributed by atoms with Crippen LogP contribution in [0.3, 0.4) is 0 Å². The van der Waals surface area contributed by atoms with Crippen LogP contribution in [0.1, 0.15) is 30.6 Å². The second kappa shape index (κ2) is 8.91. The molecule has 32 heavy (non-hydrogen) atoms. The van der Waals surface area contributed by atoms with Gasteiger partial charge in [-0.3, -0.25) is 19.6 Å². The molecule has 1 fully saturated rings. The number of rotatable bonds is 4. The van der Waals surface area contributed by atoms with Crippen molar-refractivity contribution in [2.24, 2.45) is 5.73 Å². The fourth-order valence-corrected chi connectivity index (χ4v) is 4.05. The number of amides is 2. The molecule has 2 aromatic heterocycles. The normalized spacial score (nSPS) is 14.7. The minimum absolute atomic E-state index is 0.122. The number of nitrogens with zero attached hydrogens (tertiary/aromatic N) is 3. The Kier molecular flexibility index (Phi) is 6.45. The minimum atomic E-state index is -3.60. The van der Waals surface area contributed by atoms with Gasteiger partial charge in [-0.25, -0.2) is 13.1 Å². The van der Waals surface area contributed by atoms with E-state index in [2.05, 4.69) is 40.5 Å². The van der Waals surface area contributed by atoms with Crippen molar-refractivity contribution in [2.45, 2.75) is 25.8 Å². The Hall–Kier alpha value is -3.53. The van der Waals surface area contributed by atoms with E-state index >= 15 is 0 Å². The lowest BCUT2D eigenvalue weighted by Gasteiger charge is -2.50. The van der Waals surface area contributed by atoms with Crippen molar-refractivity contribution in [3.8, 4) is 11.1 Å². The first-order valence-corrected chi connectivity index (χ1v) is 11.7. The van der Waals surface area contributed by atoms with Crippen LogP contribution in [0.25, 0.3) is 22.0 Å². The van der Waals surface area contributed by atoms with Crippen LogP contribution < -0.4 is 15.4 Å². The van der Waals surface area contributed by atoms with Gasteiger partial charge in [0.15, 0.2) is 0 Å². The van der Waals surface area contributed by atoms with Crippen molar-refractivity contribution in [1.82, 2.24) is 14.7 Å². The van der Waals surface area contributed by atoms with Crippen molar-refractivity contribution < 1.29 is 18.0 Å². The van der Waals surface area contributed by atoms with E-state index in [4.69, 9.17) is 4.79 Å². The van der Waals surface area contributed by atoms with Gasteiger partial charge in [-0.15, -0.1) is 0 Å². The molecule has 0 aliphatic carbocycles. The summed E-state index contributed by atoms with van der Waals surface area (Å²) < 4.78 is 24.5. The van der Waals surface area contributed by atoms with Crippen LogP contribution in [0.5, 0.6) is 0 Å². The number of pyridine rings is 2. The lowest BCUT2D eigenvalue weighted by molar-refractivity contribution is -0.106. The number of hydrogen-bond acceptors (Lipinski definition) is 7. The molecule has 4 rings (SSSR count). The number of aromatic nitrogens is 2. The molecular formula is C22H25N5O4S. The van der Waals surface area contributed by atoms with Crippen molar-refractivity contribution >= 4 is 38.9 Å². The zero-order chi connectivity index (χ0) is 23.5. The quantitative estimate of drug-likeness (QED) is 0.575. The van der Waals surface area contributed by atoms with Crippen LogP contribution in [0.4, 0.5) is 5.69 Å². The highest BCUT2D eigenvalue weighted by molar-refractivity contribution is 7.89. The summed E-state index contributed by atoms with van der Waals surface area (Å²) in [6.07, 6.45) is 7.74. The molecule has 3 aromatic rings. The van der Waals surface area contributed by atoms with E-state index in [1.165, 1.54) is 0 Å². The zero-order valence-corrected chi connectivity index (χ0v) is 18.9. The largest absolute Gasteiger partial charge is 0.372 e. The highest BCUT2D eigenvalue weighted by Gasteiger charge is 2.36. The monoisotopic (exact) mass is 455 g/mol. The SMILES string of the molecule is CC1(C)CCN1c1cnc2cncc(-c3ccc(C(=O)NS(C)(=O)=O)cc3)c2c1.NC=O. The molecular weight excluding hydrogens is 430 g/mol. The summed E-state index contributed by atoms with van der Waals surface area (Å²) in [5, 5.41) is 0.980. The number of carbonyl (C=O) groups is 2. The fourth-order valence-electron chi connectivity index (χ4n) is 3.59. The van der Waals surface area contributed by atoms with Gasteiger partial charge in [0.25, 0.3) is 5.91 Å². The summed E-state index contributed by atoms with van der Waals surface area (Å²) in [5.41, 5.74) is 8.21. The van der Waals surface area contributed by atoms with E-state index in [0.717, 1.165) is 46.9 Å². The Morgan fingerprint density at radius 1 is 1.19 bits per heavy atom. The van der Waals surface area contributed by atoms with Gasteiger partial charge in [0.05, 0.1) is 29.9 Å². The Labute approximate surface area is 186 Å². The second-order valence-corrected chi connectivity index (χ2v) is 9.83. The number of primary amides is 1. The number of nitrogens with one attached hydrogen (secondary N) is 1. The van der Waals surface area contributed by atoms with Gasteiger partial charge in [0.2, 0.25) is 16.4 Å². The number of anilines is 1. The maximum Gasteiger partial charge on any atom is 0.264 e. The first-order valence-electron chi connectivity index (χ1n) is 9.85. The summed E-state index contributed by atoms with van der Waals surface area (Å²) in [4.78, 5) is 31.8. The van der Waals surface area contributed by atoms with Gasteiger partial charge in [0, 0.05) is 34.8 Å². The summed E-state index contributed by atoms with van der Waals surface area (Å²) in [5.74, 6) is -0.654. The molecule has 168 valence electrons. The van der Waals surface area contributed by atoms with Crippen LogP contribution >= 0.6 is 0 Å². The molecule has 10 heteroatoms. The summed E-state index contributed by atoms with van der Waals surface area (Å²) in [6, 6.07) is 8.90. The average molecular weight is 456 g/mol. The maximum atomic E-state index is 12.0. The topological polar surface area (TPSA) is 135 Å². The van der Waals surface area contributed by atoms with Gasteiger partial charge in [-0.1, -0.05) is 12.1 Å². The smallest absolute Gasteiger partial charge is 0.264 e. The van der Waals surface area contributed by atoms with E-state index in [9.17, 15) is 13.2 Å². The second-order valence-electron chi connectivity index (χ2n) is 8.08. The minimum Gasteiger partial charge on any atom is -0.372 e. The molecule has 1 aliphatic heterocycles. The van der Waals surface area contributed by atoms with E-state index in [0.29, 0.717) is 0 Å². The third-order valence-electron chi connectivity index (χ3n) is 5.32. The number of carbonyl (C=O) groups excluding carboxylic acids is 2. The Morgan fingerprint density at radius 3 is 2.38 bits per heavy atom. The number of hydrogen-bond donors (Lipinski definition) is 2. The summed E-state index contributed by atoms with van der Waals surface area (Å²) in [7, 11) is -3.60. The van der Waals surface area contributed by atoms with Crippen LogP contribution in [0.2, 0.25) is 0 Å². The van der Waals surface area contributed by atoms with E-state index < -0.39 is 15.9 Å². The molecule has 1 saturated heterocycles. The van der Waals surface area contributed by atoms with E-state index in [-0.39, 0.29) is 17.5 Å². The van der Waals surface area contributed by atoms with Crippen LogP contribution in [0, 0.1) is 0 Å². The zero-order valence-electron chi connectivity index (χ0n) is 18.1.